The first-order chi connectivity index (χ1) is 13.2. The molecule has 0 bridgehead atoms. The molecule has 2 rings (SSSR count). The molecule has 0 unspecified atom stereocenters. The highest BCUT2D eigenvalue weighted by Gasteiger charge is 2.46. The Hall–Kier alpha value is -1.80. The molecule has 1 aliphatic heterocycles. The van der Waals surface area contributed by atoms with Gasteiger partial charge >= 0.3 is 12.3 Å². The summed E-state index contributed by atoms with van der Waals surface area (Å²) in [5.41, 5.74) is -1.55. The third-order valence-corrected chi connectivity index (χ3v) is 5.40. The Labute approximate surface area is 170 Å². The van der Waals surface area contributed by atoms with Crippen LogP contribution < -0.4 is 0 Å². The Bertz CT molecular complexity index is 716. The smallest absolute Gasteiger partial charge is 0.416 e. The van der Waals surface area contributed by atoms with E-state index in [4.69, 9.17) is 4.74 Å². The van der Waals surface area contributed by atoms with Crippen LogP contribution in [0.1, 0.15) is 44.7 Å². The number of hydrogen-bond acceptors (Lipinski definition) is 4. The van der Waals surface area contributed by atoms with E-state index in [9.17, 15) is 23.1 Å². The number of ether oxygens (including phenoxy) is 1. The largest absolute Gasteiger partial charge is 0.444 e. The van der Waals surface area contributed by atoms with Gasteiger partial charge in [0.1, 0.15) is 5.60 Å². The van der Waals surface area contributed by atoms with Crippen molar-refractivity contribution in [1.29, 1.82) is 0 Å². The predicted molar refractivity (Wildman–Crippen MR) is 105 cm³/mol. The van der Waals surface area contributed by atoms with Crippen LogP contribution in [0.3, 0.4) is 0 Å². The fraction of sp³-hybridized carbons (Fsp3) is 0.667. The molecule has 0 aliphatic carbocycles. The highest BCUT2D eigenvalue weighted by Crippen LogP contribution is 2.33. The summed E-state index contributed by atoms with van der Waals surface area (Å²) in [4.78, 5) is 16.0. The number of amides is 1. The van der Waals surface area contributed by atoms with Gasteiger partial charge in [0, 0.05) is 13.1 Å². The molecular weight excluding hydrogens is 385 g/mol. The molecule has 2 atom stereocenters. The minimum Gasteiger partial charge on any atom is -0.444 e. The van der Waals surface area contributed by atoms with Crippen molar-refractivity contribution in [2.24, 2.45) is 0 Å². The van der Waals surface area contributed by atoms with Gasteiger partial charge in [0.05, 0.1) is 17.2 Å². The van der Waals surface area contributed by atoms with Gasteiger partial charge in [-0.2, -0.15) is 13.2 Å². The Morgan fingerprint density at radius 3 is 2.52 bits per heavy atom. The fourth-order valence-corrected chi connectivity index (χ4v) is 3.72. The van der Waals surface area contributed by atoms with Crippen molar-refractivity contribution in [3.63, 3.8) is 0 Å². The molecule has 1 heterocycles. The number of nitrogens with zero attached hydrogens (tertiary/aromatic N) is 2. The number of benzene rings is 1. The van der Waals surface area contributed by atoms with E-state index in [1.807, 2.05) is 19.0 Å². The summed E-state index contributed by atoms with van der Waals surface area (Å²) < 4.78 is 44.5. The summed E-state index contributed by atoms with van der Waals surface area (Å²) in [5.74, 6) is 0. The van der Waals surface area contributed by atoms with Crippen LogP contribution in [0.4, 0.5) is 18.0 Å². The zero-order valence-electron chi connectivity index (χ0n) is 17.7. The third kappa shape index (κ3) is 5.85. The van der Waals surface area contributed by atoms with Gasteiger partial charge in [-0.1, -0.05) is 18.2 Å². The lowest BCUT2D eigenvalue weighted by Gasteiger charge is -2.50. The number of aliphatic hydroxyl groups excluding tert-OH is 1. The number of rotatable bonds is 4. The molecule has 1 aliphatic rings. The van der Waals surface area contributed by atoms with Gasteiger partial charge < -0.3 is 14.7 Å². The first-order valence-electron chi connectivity index (χ1n) is 9.74. The number of carbonyl (C=O) groups excluding carboxylic acids is 1. The summed E-state index contributed by atoms with van der Waals surface area (Å²) in [7, 11) is 3.63. The summed E-state index contributed by atoms with van der Waals surface area (Å²) >= 11 is 0. The SMILES string of the molecule is CN(C)[C@@]1(CCc2cccc(C(F)(F)F)c2)CN(C(=O)OC(C)(C)C)CC[C@H]1O. The Morgan fingerprint density at radius 2 is 1.97 bits per heavy atom. The normalized spacial score (nSPS) is 23.4. The first kappa shape index (κ1) is 23.5. The van der Waals surface area contributed by atoms with Crippen molar-refractivity contribution in [3.8, 4) is 0 Å². The number of alkyl halides is 3. The van der Waals surface area contributed by atoms with E-state index in [-0.39, 0.29) is 6.54 Å². The number of halogens is 3. The summed E-state index contributed by atoms with van der Waals surface area (Å²) in [6, 6.07) is 5.24. The van der Waals surface area contributed by atoms with Gasteiger partial charge in [0.2, 0.25) is 0 Å². The zero-order valence-corrected chi connectivity index (χ0v) is 17.7. The maximum atomic E-state index is 13.0. The average Bonchev–Trinajstić information content (AvgIpc) is 2.59. The van der Waals surface area contributed by atoms with Crippen molar-refractivity contribution in [2.75, 3.05) is 27.2 Å². The van der Waals surface area contributed by atoms with E-state index in [0.717, 1.165) is 12.1 Å². The molecule has 1 aromatic carbocycles. The monoisotopic (exact) mass is 416 g/mol. The summed E-state index contributed by atoms with van der Waals surface area (Å²) in [6.45, 7) is 5.98. The van der Waals surface area contributed by atoms with Crippen LogP contribution in [0.15, 0.2) is 24.3 Å². The van der Waals surface area contributed by atoms with Crippen LogP contribution in [-0.2, 0) is 17.3 Å². The molecule has 164 valence electrons. The van der Waals surface area contributed by atoms with Crippen LogP contribution in [0.2, 0.25) is 0 Å². The molecule has 0 saturated carbocycles. The number of likely N-dealkylation sites (N-methyl/N-ethyl adjacent to an activating group) is 1. The molecule has 0 radical (unpaired) electrons. The van der Waals surface area contributed by atoms with E-state index in [1.54, 1.807) is 31.7 Å². The topological polar surface area (TPSA) is 53.0 Å². The standard InChI is InChI=1S/C21H31F3N2O3/c1-19(2,3)29-18(28)26-12-10-17(27)20(14-26,25(4)5)11-9-15-7-6-8-16(13-15)21(22,23)24/h6-8,13,17,27H,9-12,14H2,1-5H3/t17-,20+/m1/s1. The van der Waals surface area contributed by atoms with Crippen LogP contribution in [0.5, 0.6) is 0 Å². The van der Waals surface area contributed by atoms with Gasteiger partial charge in [0.15, 0.2) is 0 Å². The quantitative estimate of drug-likeness (QED) is 0.808. The molecule has 0 spiro atoms. The number of aliphatic hydroxyl groups is 1. The predicted octanol–water partition coefficient (Wildman–Crippen LogP) is 3.94. The summed E-state index contributed by atoms with van der Waals surface area (Å²) in [6.07, 6.45) is -4.42. The van der Waals surface area contributed by atoms with Crippen molar-refractivity contribution in [3.05, 3.63) is 35.4 Å². The third-order valence-electron chi connectivity index (χ3n) is 5.40. The van der Waals surface area contributed by atoms with Crippen molar-refractivity contribution < 1.29 is 27.8 Å². The van der Waals surface area contributed by atoms with Crippen LogP contribution in [0.25, 0.3) is 0 Å². The Morgan fingerprint density at radius 1 is 1.31 bits per heavy atom. The number of hydrogen-bond donors (Lipinski definition) is 1. The average molecular weight is 416 g/mol. The molecule has 1 saturated heterocycles. The number of piperidine rings is 1. The second kappa shape index (κ2) is 8.52. The molecule has 0 aromatic heterocycles. The maximum absolute atomic E-state index is 13.0. The maximum Gasteiger partial charge on any atom is 0.416 e. The Kier molecular flexibility index (Phi) is 6.89. The van der Waals surface area contributed by atoms with Gasteiger partial charge in [-0.15, -0.1) is 0 Å². The summed E-state index contributed by atoms with van der Waals surface area (Å²) in [5, 5.41) is 10.8. The highest BCUT2D eigenvalue weighted by atomic mass is 19.4. The number of aryl methyl sites for hydroxylation is 1. The molecule has 5 nitrogen and oxygen atoms in total. The minimum absolute atomic E-state index is 0.245. The molecular formula is C21H31F3N2O3. The second-order valence-corrected chi connectivity index (χ2v) is 8.90. The van der Waals surface area contributed by atoms with Gasteiger partial charge in [0.25, 0.3) is 0 Å². The van der Waals surface area contributed by atoms with Gasteiger partial charge in [-0.25, -0.2) is 4.79 Å². The fourth-order valence-electron chi connectivity index (χ4n) is 3.72. The molecule has 29 heavy (non-hydrogen) atoms. The molecule has 1 fully saturated rings. The molecule has 1 aromatic rings. The van der Waals surface area contributed by atoms with E-state index in [0.29, 0.717) is 31.4 Å². The number of carbonyl (C=O) groups is 1. The second-order valence-electron chi connectivity index (χ2n) is 8.90. The van der Waals surface area contributed by atoms with E-state index in [1.165, 1.54) is 6.07 Å². The first-order valence-corrected chi connectivity index (χ1v) is 9.74. The Balaban J connectivity index is 2.20. The van der Waals surface area contributed by atoms with Gasteiger partial charge in [-0.05, 0) is 65.8 Å². The minimum atomic E-state index is -4.40. The van der Waals surface area contributed by atoms with E-state index in [2.05, 4.69) is 0 Å². The van der Waals surface area contributed by atoms with E-state index >= 15 is 0 Å². The highest BCUT2D eigenvalue weighted by molar-refractivity contribution is 5.68. The molecule has 1 N–H and O–H groups in total. The van der Waals surface area contributed by atoms with Crippen molar-refractivity contribution >= 4 is 6.09 Å². The molecule has 8 heteroatoms. The number of likely N-dealkylation sites (tertiary alicyclic amines) is 1. The van der Waals surface area contributed by atoms with Crippen LogP contribution >= 0.6 is 0 Å². The van der Waals surface area contributed by atoms with Crippen LogP contribution in [0, 0.1) is 0 Å². The molecule has 1 amide bonds. The van der Waals surface area contributed by atoms with Gasteiger partial charge in [-0.3, -0.25) is 4.90 Å². The lowest BCUT2D eigenvalue weighted by Crippen LogP contribution is -2.65. The lowest BCUT2D eigenvalue weighted by atomic mass is 9.80. The lowest BCUT2D eigenvalue weighted by molar-refractivity contribution is -0.137. The van der Waals surface area contributed by atoms with E-state index < -0.39 is 35.1 Å². The van der Waals surface area contributed by atoms with Crippen LogP contribution in [-0.4, -0.2) is 65.4 Å². The zero-order chi connectivity index (χ0) is 22.0. The van der Waals surface area contributed by atoms with Crippen molar-refractivity contribution in [1.82, 2.24) is 9.80 Å². The van der Waals surface area contributed by atoms with Crippen molar-refractivity contribution in [2.45, 2.75) is 63.5 Å².